The maximum atomic E-state index is 6.26. The van der Waals surface area contributed by atoms with Gasteiger partial charge in [-0.1, -0.05) is 0 Å². The summed E-state index contributed by atoms with van der Waals surface area (Å²) in [6.45, 7) is 11.6. The average molecular weight is 264 g/mol. The first-order valence-electron chi connectivity index (χ1n) is 7.42. The van der Waals surface area contributed by atoms with E-state index >= 15 is 0 Å². The molecule has 2 fully saturated rings. The Morgan fingerprint density at radius 3 is 2.47 bits per heavy atom. The molecule has 0 bridgehead atoms. The van der Waals surface area contributed by atoms with Gasteiger partial charge in [-0.15, -0.1) is 0 Å². The van der Waals surface area contributed by atoms with E-state index in [9.17, 15) is 0 Å². The average Bonchev–Trinajstić information content (AvgIpc) is 2.72. The van der Waals surface area contributed by atoms with E-state index in [1.54, 1.807) is 0 Å². The lowest BCUT2D eigenvalue weighted by Crippen LogP contribution is -2.41. The van der Waals surface area contributed by atoms with Gasteiger partial charge in [0.05, 0.1) is 17.7 Å². The van der Waals surface area contributed by atoms with E-state index < -0.39 is 0 Å². The van der Waals surface area contributed by atoms with E-state index in [1.165, 1.54) is 0 Å². The van der Waals surface area contributed by atoms with Crippen LogP contribution in [0.2, 0.25) is 5.82 Å². The molecule has 0 saturated carbocycles. The van der Waals surface area contributed by atoms with E-state index in [4.69, 9.17) is 9.31 Å². The quantitative estimate of drug-likeness (QED) is 0.735. The first-order valence-corrected chi connectivity index (χ1v) is 7.42. The minimum atomic E-state index is -0.238. The first-order chi connectivity index (χ1) is 8.82. The summed E-state index contributed by atoms with van der Waals surface area (Å²) in [7, 11) is -0.103. The monoisotopic (exact) mass is 264 g/mol. The summed E-state index contributed by atoms with van der Waals surface area (Å²) in [5.41, 5.74) is -0.476. The number of hydrogen-bond acceptors (Lipinski definition) is 4. The van der Waals surface area contributed by atoms with Gasteiger partial charge in [-0.2, -0.15) is 0 Å². The molecule has 4 nitrogen and oxygen atoms in total. The van der Waals surface area contributed by atoms with Crippen LogP contribution in [-0.2, 0) is 9.31 Å². The molecule has 0 spiro atoms. The Morgan fingerprint density at radius 1 is 1.21 bits per heavy atom. The number of rotatable bonds is 1. The van der Waals surface area contributed by atoms with Gasteiger partial charge in [-0.05, 0) is 53.2 Å². The number of hydrogen-bond donors (Lipinski definition) is 1. The SMILES string of the molecule is CC1N[C@@H]2CN=CC[C@@H]2[C@@H]1B1OC(C)(C)C(C)(C)O1. The van der Waals surface area contributed by atoms with Gasteiger partial charge < -0.3 is 14.6 Å². The van der Waals surface area contributed by atoms with Crippen LogP contribution in [0.3, 0.4) is 0 Å². The summed E-state index contributed by atoms with van der Waals surface area (Å²) in [5, 5.41) is 3.66. The molecular formula is C14H25BN2O2. The molecule has 106 valence electrons. The smallest absolute Gasteiger partial charge is 0.403 e. The Hall–Kier alpha value is -0.385. The molecular weight excluding hydrogens is 239 g/mol. The Labute approximate surface area is 116 Å². The lowest BCUT2D eigenvalue weighted by Gasteiger charge is -2.32. The zero-order valence-corrected chi connectivity index (χ0v) is 12.6. The largest absolute Gasteiger partial charge is 0.463 e. The van der Waals surface area contributed by atoms with Crippen molar-refractivity contribution in [2.45, 2.75) is 70.1 Å². The van der Waals surface area contributed by atoms with Gasteiger partial charge in [0.2, 0.25) is 0 Å². The highest BCUT2D eigenvalue weighted by Crippen LogP contribution is 2.46. The summed E-state index contributed by atoms with van der Waals surface area (Å²) in [6.07, 6.45) is 3.11. The third-order valence-corrected chi connectivity index (χ3v) is 5.46. The number of nitrogens with one attached hydrogen (secondary N) is 1. The molecule has 0 amide bonds. The molecule has 0 aromatic carbocycles. The third-order valence-electron chi connectivity index (χ3n) is 5.46. The Kier molecular flexibility index (Phi) is 3.08. The predicted octanol–water partition coefficient (Wildman–Crippen LogP) is 1.90. The third kappa shape index (κ3) is 2.06. The molecule has 0 aromatic heterocycles. The molecule has 1 unspecified atom stereocenters. The summed E-state index contributed by atoms with van der Waals surface area (Å²) in [4.78, 5) is 4.40. The second-order valence-corrected chi connectivity index (χ2v) is 7.21. The zero-order chi connectivity index (χ0) is 13.8. The van der Waals surface area contributed by atoms with Crippen LogP contribution in [0.5, 0.6) is 0 Å². The molecule has 3 aliphatic rings. The molecule has 0 aromatic rings. The molecule has 0 radical (unpaired) electrons. The number of fused-ring (bicyclic) bond motifs is 1. The summed E-state index contributed by atoms with van der Waals surface area (Å²) in [6, 6.07) is 0.912. The van der Waals surface area contributed by atoms with Crippen molar-refractivity contribution >= 4 is 13.3 Å². The number of nitrogens with zero attached hydrogens (tertiary/aromatic N) is 1. The van der Waals surface area contributed by atoms with Crippen molar-refractivity contribution in [2.24, 2.45) is 10.9 Å². The lowest BCUT2D eigenvalue weighted by molar-refractivity contribution is 0.00578. The van der Waals surface area contributed by atoms with Gasteiger partial charge >= 0.3 is 7.12 Å². The van der Waals surface area contributed by atoms with Gasteiger partial charge in [-0.3, -0.25) is 4.99 Å². The highest BCUT2D eigenvalue weighted by molar-refractivity contribution is 6.48. The van der Waals surface area contributed by atoms with Crippen molar-refractivity contribution in [2.75, 3.05) is 6.54 Å². The van der Waals surface area contributed by atoms with Gasteiger partial charge in [0, 0.05) is 17.9 Å². The molecule has 3 rings (SSSR count). The summed E-state index contributed by atoms with van der Waals surface area (Å²) < 4.78 is 12.5. The minimum Gasteiger partial charge on any atom is -0.403 e. The van der Waals surface area contributed by atoms with Crippen molar-refractivity contribution < 1.29 is 9.31 Å². The molecule has 4 atom stereocenters. The fraction of sp³-hybridized carbons (Fsp3) is 0.929. The van der Waals surface area contributed by atoms with Crippen molar-refractivity contribution in [1.29, 1.82) is 0 Å². The maximum Gasteiger partial charge on any atom is 0.463 e. The lowest BCUT2D eigenvalue weighted by atomic mass is 9.61. The molecule has 2 saturated heterocycles. The second kappa shape index (κ2) is 4.30. The molecule has 3 aliphatic heterocycles. The molecule has 3 heterocycles. The topological polar surface area (TPSA) is 42.9 Å². The van der Waals surface area contributed by atoms with Crippen molar-refractivity contribution in [3.8, 4) is 0 Å². The highest BCUT2D eigenvalue weighted by Gasteiger charge is 2.58. The van der Waals surface area contributed by atoms with Gasteiger partial charge in [-0.25, -0.2) is 0 Å². The van der Waals surface area contributed by atoms with Crippen LogP contribution in [0, 0.1) is 5.92 Å². The van der Waals surface area contributed by atoms with E-state index in [1.807, 2.05) is 0 Å². The van der Waals surface area contributed by atoms with E-state index in [0.29, 0.717) is 23.8 Å². The zero-order valence-electron chi connectivity index (χ0n) is 12.6. The Balaban J connectivity index is 1.81. The Morgan fingerprint density at radius 2 is 1.84 bits per heavy atom. The fourth-order valence-electron chi connectivity index (χ4n) is 3.59. The van der Waals surface area contributed by atoms with Crippen LogP contribution in [0.15, 0.2) is 4.99 Å². The van der Waals surface area contributed by atoms with Crippen LogP contribution in [0.1, 0.15) is 41.0 Å². The summed E-state index contributed by atoms with van der Waals surface area (Å²) >= 11 is 0. The fourth-order valence-corrected chi connectivity index (χ4v) is 3.59. The molecule has 0 aliphatic carbocycles. The maximum absolute atomic E-state index is 6.26. The van der Waals surface area contributed by atoms with Crippen molar-refractivity contribution in [3.63, 3.8) is 0 Å². The van der Waals surface area contributed by atoms with E-state index in [-0.39, 0.29) is 18.3 Å². The van der Waals surface area contributed by atoms with E-state index in [2.05, 4.69) is 51.1 Å². The number of aliphatic imine (C=N–C) groups is 1. The highest BCUT2D eigenvalue weighted by atomic mass is 16.7. The van der Waals surface area contributed by atoms with Gasteiger partial charge in [0.15, 0.2) is 0 Å². The van der Waals surface area contributed by atoms with Gasteiger partial charge in [0.1, 0.15) is 0 Å². The molecule has 1 N–H and O–H groups in total. The minimum absolute atomic E-state index is 0.103. The van der Waals surface area contributed by atoms with Crippen LogP contribution in [-0.4, -0.2) is 43.2 Å². The first kappa shape index (κ1) is 13.6. The normalized spacial score (nSPS) is 43.5. The van der Waals surface area contributed by atoms with Crippen molar-refractivity contribution in [1.82, 2.24) is 5.32 Å². The predicted molar refractivity (Wildman–Crippen MR) is 77.7 cm³/mol. The molecule has 19 heavy (non-hydrogen) atoms. The standard InChI is InChI=1S/C14H25BN2O2/c1-9-12(10-6-7-16-8-11(10)17-9)15-18-13(2,3)14(4,5)19-15/h7,9-12,17H,6,8H2,1-5H3/t9?,10-,11+,12+/m0/s1. The summed E-state index contributed by atoms with van der Waals surface area (Å²) in [5.74, 6) is 1.00. The van der Waals surface area contributed by atoms with Crippen molar-refractivity contribution in [3.05, 3.63) is 0 Å². The van der Waals surface area contributed by atoms with E-state index in [0.717, 1.165) is 13.0 Å². The molecule has 5 heteroatoms. The van der Waals surface area contributed by atoms with Crippen LogP contribution in [0.25, 0.3) is 0 Å². The second-order valence-electron chi connectivity index (χ2n) is 7.21. The van der Waals surface area contributed by atoms with Crippen LogP contribution >= 0.6 is 0 Å². The van der Waals surface area contributed by atoms with Crippen LogP contribution in [0.4, 0.5) is 0 Å². The van der Waals surface area contributed by atoms with Gasteiger partial charge in [0.25, 0.3) is 0 Å². The van der Waals surface area contributed by atoms with Crippen LogP contribution < -0.4 is 5.32 Å². The Bertz CT molecular complexity index is 381.